The molecular formula is C22H23N3O4. The minimum atomic E-state index is -0.511. The van der Waals surface area contributed by atoms with Gasteiger partial charge in [0.05, 0.1) is 36.2 Å². The van der Waals surface area contributed by atoms with Crippen molar-refractivity contribution in [2.45, 2.75) is 45.1 Å². The van der Waals surface area contributed by atoms with Crippen molar-refractivity contribution in [3.8, 4) is 0 Å². The first kappa shape index (κ1) is 19.1. The van der Waals surface area contributed by atoms with Crippen LogP contribution in [0.25, 0.3) is 11.1 Å². The summed E-state index contributed by atoms with van der Waals surface area (Å²) in [6, 6.07) is 9.03. The predicted octanol–water partition coefficient (Wildman–Crippen LogP) is 3.75. The quantitative estimate of drug-likeness (QED) is 0.641. The van der Waals surface area contributed by atoms with E-state index in [1.807, 2.05) is 37.3 Å². The smallest absolute Gasteiger partial charge is 0.307 e. The zero-order valence-corrected chi connectivity index (χ0v) is 16.7. The molecular weight excluding hydrogens is 370 g/mol. The van der Waals surface area contributed by atoms with Gasteiger partial charge < -0.3 is 14.6 Å². The van der Waals surface area contributed by atoms with Crippen molar-refractivity contribution in [2.24, 2.45) is 0 Å². The van der Waals surface area contributed by atoms with Gasteiger partial charge in [0.1, 0.15) is 0 Å². The first-order valence-corrected chi connectivity index (χ1v) is 9.67. The van der Waals surface area contributed by atoms with Crippen molar-refractivity contribution < 1.29 is 18.8 Å². The first-order chi connectivity index (χ1) is 14.0. The van der Waals surface area contributed by atoms with Gasteiger partial charge in [-0.25, -0.2) is 4.98 Å². The van der Waals surface area contributed by atoms with Crippen molar-refractivity contribution in [2.75, 3.05) is 7.11 Å². The maximum Gasteiger partial charge on any atom is 0.307 e. The Morgan fingerprint density at radius 2 is 1.97 bits per heavy atom. The number of aromatic nitrogens is 2. The van der Waals surface area contributed by atoms with Gasteiger partial charge in [-0.2, -0.15) is 0 Å². The average Bonchev–Trinajstić information content (AvgIpc) is 3.50. The lowest BCUT2D eigenvalue weighted by Crippen LogP contribution is -2.31. The third-order valence-electron chi connectivity index (χ3n) is 5.26. The van der Waals surface area contributed by atoms with E-state index in [0.29, 0.717) is 28.3 Å². The molecule has 29 heavy (non-hydrogen) atoms. The number of carbonyl (C=O) groups excluding carboxylic acids is 2. The zero-order chi connectivity index (χ0) is 20.5. The van der Waals surface area contributed by atoms with Crippen LogP contribution >= 0.6 is 0 Å². The number of hydrogen-bond donors (Lipinski definition) is 1. The van der Waals surface area contributed by atoms with E-state index in [4.69, 9.17) is 9.26 Å². The van der Waals surface area contributed by atoms with E-state index in [-0.39, 0.29) is 12.3 Å². The highest BCUT2D eigenvalue weighted by molar-refractivity contribution is 6.06. The maximum absolute atomic E-state index is 13.3. The van der Waals surface area contributed by atoms with E-state index in [2.05, 4.69) is 15.5 Å². The number of esters is 1. The Morgan fingerprint density at radius 1 is 1.24 bits per heavy atom. The molecule has 1 aromatic carbocycles. The molecule has 0 saturated heterocycles. The number of fused-ring (bicyclic) bond motifs is 1. The molecule has 1 aliphatic rings. The summed E-state index contributed by atoms with van der Waals surface area (Å²) in [7, 11) is 1.34. The largest absolute Gasteiger partial charge is 0.469 e. The summed E-state index contributed by atoms with van der Waals surface area (Å²) >= 11 is 0. The Morgan fingerprint density at radius 3 is 2.62 bits per heavy atom. The highest BCUT2D eigenvalue weighted by Crippen LogP contribution is 2.40. The molecule has 1 unspecified atom stereocenters. The summed E-state index contributed by atoms with van der Waals surface area (Å²) in [6.07, 6.45) is 2.15. The molecule has 2 aromatic heterocycles. The lowest BCUT2D eigenvalue weighted by atomic mass is 10.0. The first-order valence-electron chi connectivity index (χ1n) is 9.67. The molecule has 1 aliphatic carbocycles. The summed E-state index contributed by atoms with van der Waals surface area (Å²) in [6.45, 7) is 3.77. The molecule has 1 saturated carbocycles. The number of aryl methyl sites for hydroxylation is 2. The summed E-state index contributed by atoms with van der Waals surface area (Å²) in [5.41, 5.74) is 4.24. The van der Waals surface area contributed by atoms with E-state index in [0.717, 1.165) is 29.7 Å². The second-order valence-electron chi connectivity index (χ2n) is 7.53. The fourth-order valence-corrected chi connectivity index (χ4v) is 3.42. The number of nitrogens with one attached hydrogen (secondary N) is 1. The molecule has 2 heterocycles. The third kappa shape index (κ3) is 3.99. The second kappa shape index (κ2) is 7.66. The number of amides is 1. The minimum Gasteiger partial charge on any atom is -0.469 e. The second-order valence-corrected chi connectivity index (χ2v) is 7.53. The van der Waals surface area contributed by atoms with Gasteiger partial charge in [-0.1, -0.05) is 35.0 Å². The molecule has 0 bridgehead atoms. The molecule has 7 heteroatoms. The Hall–Kier alpha value is -3.22. The van der Waals surface area contributed by atoms with Crippen molar-refractivity contribution in [1.82, 2.24) is 15.5 Å². The fourth-order valence-electron chi connectivity index (χ4n) is 3.42. The summed E-state index contributed by atoms with van der Waals surface area (Å²) < 4.78 is 10.2. The molecule has 3 aromatic rings. The van der Waals surface area contributed by atoms with Crippen LogP contribution in [-0.2, 0) is 9.53 Å². The summed E-state index contributed by atoms with van der Waals surface area (Å²) in [5, 5.41) is 7.57. The van der Waals surface area contributed by atoms with E-state index in [9.17, 15) is 9.59 Å². The fraction of sp³-hybridized carbons (Fsp3) is 0.364. The van der Waals surface area contributed by atoms with Crippen molar-refractivity contribution in [3.05, 3.63) is 58.4 Å². The number of benzene rings is 1. The van der Waals surface area contributed by atoms with E-state index >= 15 is 0 Å². The number of hydrogen-bond acceptors (Lipinski definition) is 6. The molecule has 150 valence electrons. The van der Waals surface area contributed by atoms with Crippen LogP contribution in [0.2, 0.25) is 0 Å². The lowest BCUT2D eigenvalue weighted by Gasteiger charge is -2.19. The summed E-state index contributed by atoms with van der Waals surface area (Å²) in [5.74, 6) is -0.324. The highest BCUT2D eigenvalue weighted by Gasteiger charge is 2.29. The lowest BCUT2D eigenvalue weighted by molar-refractivity contribution is -0.141. The van der Waals surface area contributed by atoms with Crippen LogP contribution in [0.15, 0.2) is 34.9 Å². The molecule has 4 rings (SSSR count). The number of methoxy groups -OCH3 is 1. The molecule has 1 amide bonds. The zero-order valence-electron chi connectivity index (χ0n) is 16.7. The van der Waals surface area contributed by atoms with Crippen LogP contribution in [0.4, 0.5) is 0 Å². The molecule has 0 spiro atoms. The normalized spacial score (nSPS) is 14.6. The van der Waals surface area contributed by atoms with Gasteiger partial charge in [-0.15, -0.1) is 0 Å². The topological polar surface area (TPSA) is 94.3 Å². The van der Waals surface area contributed by atoms with Gasteiger partial charge in [0, 0.05) is 11.6 Å². The van der Waals surface area contributed by atoms with Crippen LogP contribution in [-0.4, -0.2) is 29.1 Å². The van der Waals surface area contributed by atoms with Crippen LogP contribution in [0, 0.1) is 13.8 Å². The SMILES string of the molecule is COC(=O)CC(NC(=O)c1cc(C2CC2)nc2onc(C)c12)c1ccc(C)cc1. The van der Waals surface area contributed by atoms with Crippen LogP contribution in [0.3, 0.4) is 0 Å². The van der Waals surface area contributed by atoms with Gasteiger partial charge in [0.15, 0.2) is 0 Å². The Kier molecular flexibility index (Phi) is 5.05. The van der Waals surface area contributed by atoms with Crippen LogP contribution < -0.4 is 5.32 Å². The maximum atomic E-state index is 13.3. The van der Waals surface area contributed by atoms with Gasteiger partial charge in [-0.3, -0.25) is 9.59 Å². The molecule has 0 aliphatic heterocycles. The molecule has 0 radical (unpaired) electrons. The number of pyridine rings is 1. The van der Waals surface area contributed by atoms with Gasteiger partial charge in [0.25, 0.3) is 11.6 Å². The van der Waals surface area contributed by atoms with Crippen LogP contribution in [0.5, 0.6) is 0 Å². The predicted molar refractivity (Wildman–Crippen MR) is 107 cm³/mol. The van der Waals surface area contributed by atoms with E-state index in [1.54, 1.807) is 6.92 Å². The molecule has 1 atom stereocenters. The van der Waals surface area contributed by atoms with Gasteiger partial charge in [-0.05, 0) is 38.3 Å². The Bertz CT molecular complexity index is 1070. The highest BCUT2D eigenvalue weighted by atomic mass is 16.5. The number of carbonyl (C=O) groups is 2. The summed E-state index contributed by atoms with van der Waals surface area (Å²) in [4.78, 5) is 29.7. The van der Waals surface area contributed by atoms with Crippen LogP contribution in [0.1, 0.15) is 64.1 Å². The molecule has 7 nitrogen and oxygen atoms in total. The number of ether oxygens (including phenoxy) is 1. The number of nitrogens with zero attached hydrogens (tertiary/aromatic N) is 2. The molecule has 1 fully saturated rings. The Balaban J connectivity index is 1.69. The minimum absolute atomic E-state index is 0.0393. The van der Waals surface area contributed by atoms with Crippen molar-refractivity contribution in [1.29, 1.82) is 0 Å². The standard InChI is InChI=1S/C22H23N3O4/c1-12-4-6-14(7-5-12)18(11-19(26)28-3)23-21(27)16-10-17(15-8-9-15)24-22-20(16)13(2)25-29-22/h4-7,10,15,18H,8-9,11H2,1-3H3,(H,23,27). The van der Waals surface area contributed by atoms with E-state index < -0.39 is 12.0 Å². The van der Waals surface area contributed by atoms with Crippen molar-refractivity contribution >= 4 is 23.0 Å². The van der Waals surface area contributed by atoms with E-state index in [1.165, 1.54) is 7.11 Å². The number of rotatable bonds is 6. The van der Waals surface area contributed by atoms with Gasteiger partial charge >= 0.3 is 5.97 Å². The Labute approximate surface area is 168 Å². The monoisotopic (exact) mass is 393 g/mol. The third-order valence-corrected chi connectivity index (χ3v) is 5.26. The van der Waals surface area contributed by atoms with Gasteiger partial charge in [0.2, 0.25) is 0 Å². The van der Waals surface area contributed by atoms with Crippen molar-refractivity contribution in [3.63, 3.8) is 0 Å². The average molecular weight is 393 g/mol. The molecule has 1 N–H and O–H groups in total.